The van der Waals surface area contributed by atoms with Gasteiger partial charge in [0.25, 0.3) is 0 Å². The van der Waals surface area contributed by atoms with Gasteiger partial charge in [-0.25, -0.2) is 9.67 Å². The highest BCUT2D eigenvalue weighted by atomic mass is 28.4. The number of hydrogen-bond donors (Lipinski definition) is 0. The molecule has 0 saturated carbocycles. The van der Waals surface area contributed by atoms with Crippen LogP contribution in [0.3, 0.4) is 0 Å². The highest BCUT2D eigenvalue weighted by Crippen LogP contribution is 2.38. The molecule has 0 bridgehead atoms. The molecular formula is C26H38BN3O3Si. The number of benzene rings is 1. The maximum Gasteiger partial charge on any atom is 0.495 e. The monoisotopic (exact) mass is 479 g/mol. The lowest BCUT2D eigenvalue weighted by atomic mass is 9.76. The Balaban J connectivity index is 1.68. The van der Waals surface area contributed by atoms with Gasteiger partial charge in [0, 0.05) is 5.39 Å². The van der Waals surface area contributed by atoms with Crippen molar-refractivity contribution in [3.05, 3.63) is 47.8 Å². The maximum absolute atomic E-state index is 6.40. The lowest BCUT2D eigenvalue weighted by molar-refractivity contribution is 0.00578. The molecule has 3 aromatic rings. The van der Waals surface area contributed by atoms with Crippen LogP contribution in [0.4, 0.5) is 0 Å². The summed E-state index contributed by atoms with van der Waals surface area (Å²) < 4.78 is 21.0. The Morgan fingerprint density at radius 1 is 1.06 bits per heavy atom. The van der Waals surface area contributed by atoms with E-state index < -0.39 is 26.6 Å². The van der Waals surface area contributed by atoms with Crippen LogP contribution in [0.5, 0.6) is 0 Å². The van der Waals surface area contributed by atoms with E-state index in [1.807, 2.05) is 29.1 Å². The molecule has 1 aromatic carbocycles. The zero-order valence-corrected chi connectivity index (χ0v) is 23.3. The molecule has 8 heteroatoms. The Bertz CT molecular complexity index is 1200. The van der Waals surface area contributed by atoms with Crippen molar-refractivity contribution < 1.29 is 13.7 Å². The first-order valence-electron chi connectivity index (χ1n) is 12.1. The van der Waals surface area contributed by atoms with Crippen LogP contribution in [0.2, 0.25) is 18.1 Å². The van der Waals surface area contributed by atoms with E-state index in [4.69, 9.17) is 23.8 Å². The second-order valence-corrected chi connectivity index (χ2v) is 16.8. The van der Waals surface area contributed by atoms with Crippen LogP contribution < -0.4 is 5.46 Å². The van der Waals surface area contributed by atoms with Crippen molar-refractivity contribution in [1.82, 2.24) is 14.8 Å². The van der Waals surface area contributed by atoms with Gasteiger partial charge in [-0.2, -0.15) is 5.10 Å². The lowest BCUT2D eigenvalue weighted by Crippen LogP contribution is -2.41. The van der Waals surface area contributed by atoms with Crippen molar-refractivity contribution in [2.24, 2.45) is 0 Å². The highest BCUT2D eigenvalue weighted by molar-refractivity contribution is 6.74. The van der Waals surface area contributed by atoms with Crippen LogP contribution in [-0.2, 0) is 20.3 Å². The van der Waals surface area contributed by atoms with Crippen LogP contribution in [0.25, 0.3) is 16.7 Å². The zero-order chi connectivity index (χ0) is 25.1. The summed E-state index contributed by atoms with van der Waals surface area (Å²) in [5.41, 5.74) is 3.21. The van der Waals surface area contributed by atoms with Crippen molar-refractivity contribution in [3.8, 4) is 5.82 Å². The quantitative estimate of drug-likeness (QED) is 0.449. The smallest absolute Gasteiger partial charge is 0.411 e. The minimum Gasteiger partial charge on any atom is -0.411 e. The summed E-state index contributed by atoms with van der Waals surface area (Å²) in [5.74, 6) is 0.775. The Hall–Kier alpha value is -2.00. The number of hydrogen-bond acceptors (Lipinski definition) is 5. The molecule has 2 aromatic heterocycles. The molecule has 1 fully saturated rings. The van der Waals surface area contributed by atoms with Gasteiger partial charge in [-0.3, -0.25) is 0 Å². The summed E-state index contributed by atoms with van der Waals surface area (Å²) in [7, 11) is -2.30. The molecule has 182 valence electrons. The van der Waals surface area contributed by atoms with E-state index in [9.17, 15) is 0 Å². The molecule has 0 spiro atoms. The van der Waals surface area contributed by atoms with Gasteiger partial charge in [-0.1, -0.05) is 32.9 Å². The van der Waals surface area contributed by atoms with Crippen molar-refractivity contribution in [2.45, 2.75) is 91.3 Å². The minimum atomic E-state index is -1.86. The second-order valence-electron chi connectivity index (χ2n) is 12.0. The molecule has 0 atom stereocenters. The third-order valence-electron chi connectivity index (χ3n) is 7.77. The molecule has 6 nitrogen and oxygen atoms in total. The van der Waals surface area contributed by atoms with E-state index in [0.29, 0.717) is 6.61 Å². The number of nitrogens with zero attached hydrogens (tertiary/aromatic N) is 3. The molecule has 0 aliphatic carbocycles. The molecule has 0 unspecified atom stereocenters. The second kappa shape index (κ2) is 8.29. The molecule has 0 amide bonds. The third kappa shape index (κ3) is 4.49. The topological polar surface area (TPSA) is 58.4 Å². The summed E-state index contributed by atoms with van der Waals surface area (Å²) in [6.07, 6.45) is 1.88. The Morgan fingerprint density at radius 3 is 2.32 bits per heavy atom. The number of pyridine rings is 1. The molecule has 4 rings (SSSR count). The third-order valence-corrected chi connectivity index (χ3v) is 12.2. The van der Waals surface area contributed by atoms with Crippen molar-refractivity contribution in [1.29, 1.82) is 0 Å². The molecule has 1 aliphatic rings. The van der Waals surface area contributed by atoms with Gasteiger partial charge in [0.2, 0.25) is 0 Å². The first-order chi connectivity index (χ1) is 15.6. The Morgan fingerprint density at radius 2 is 1.71 bits per heavy atom. The minimum absolute atomic E-state index is 0.157. The van der Waals surface area contributed by atoms with Crippen molar-refractivity contribution >= 4 is 31.8 Å². The van der Waals surface area contributed by atoms with E-state index in [1.54, 1.807) is 0 Å². The van der Waals surface area contributed by atoms with Gasteiger partial charge in [-0.15, -0.1) is 0 Å². The van der Waals surface area contributed by atoms with E-state index in [-0.39, 0.29) is 5.04 Å². The predicted octanol–water partition coefficient (Wildman–Crippen LogP) is 5.55. The standard InChI is InChI=1S/C26H38BN3O3Si/c1-18-14-21(27-32-25(5,6)26(7,8)33-27)20-16-28-30(22(20)15-18)23-13-11-12-19(29-23)17-31-34(9,10)24(2,3)4/h11-16H,17H2,1-10H3. The van der Waals surface area contributed by atoms with Gasteiger partial charge in [0.1, 0.15) is 0 Å². The van der Waals surface area contributed by atoms with E-state index in [1.165, 1.54) is 0 Å². The Labute approximate surface area is 205 Å². The number of aryl methyl sites for hydroxylation is 1. The number of aromatic nitrogens is 3. The van der Waals surface area contributed by atoms with Crippen molar-refractivity contribution in [3.63, 3.8) is 0 Å². The molecule has 3 heterocycles. The molecule has 0 radical (unpaired) electrons. The zero-order valence-electron chi connectivity index (χ0n) is 22.3. The maximum atomic E-state index is 6.40. The Kier molecular flexibility index (Phi) is 6.12. The SMILES string of the molecule is Cc1cc(B2OC(C)(C)C(C)(C)O2)c2cnn(-c3cccc(CO[Si](C)(C)C(C)(C)C)n3)c2c1. The predicted molar refractivity (Wildman–Crippen MR) is 141 cm³/mol. The summed E-state index contributed by atoms with van der Waals surface area (Å²) >= 11 is 0. The fourth-order valence-electron chi connectivity index (χ4n) is 3.78. The normalized spacial score (nSPS) is 18.1. The van der Waals surface area contributed by atoms with Gasteiger partial charge in [0.15, 0.2) is 14.1 Å². The van der Waals surface area contributed by atoms with Gasteiger partial charge in [-0.05, 0) is 82.0 Å². The van der Waals surface area contributed by atoms with Crippen LogP contribution >= 0.6 is 0 Å². The number of fused-ring (bicyclic) bond motifs is 1. The van der Waals surface area contributed by atoms with Crippen LogP contribution in [0.1, 0.15) is 59.7 Å². The molecular weight excluding hydrogens is 441 g/mol. The van der Waals surface area contributed by atoms with Crippen LogP contribution in [0.15, 0.2) is 36.5 Å². The molecule has 0 N–H and O–H groups in total. The fourth-order valence-corrected chi connectivity index (χ4v) is 4.73. The van der Waals surface area contributed by atoms with Crippen LogP contribution in [0, 0.1) is 6.92 Å². The first kappa shape index (κ1) is 25.1. The van der Waals surface area contributed by atoms with Gasteiger partial charge >= 0.3 is 7.12 Å². The largest absolute Gasteiger partial charge is 0.495 e. The van der Waals surface area contributed by atoms with Gasteiger partial charge < -0.3 is 13.7 Å². The van der Waals surface area contributed by atoms with E-state index in [0.717, 1.165) is 33.4 Å². The van der Waals surface area contributed by atoms with Crippen LogP contribution in [-0.4, -0.2) is 41.4 Å². The first-order valence-corrected chi connectivity index (χ1v) is 15.0. The summed E-state index contributed by atoms with van der Waals surface area (Å²) in [6, 6.07) is 10.3. The fraction of sp³-hybridized carbons (Fsp3) is 0.538. The molecule has 1 aliphatic heterocycles. The van der Waals surface area contributed by atoms with Gasteiger partial charge in [0.05, 0.1) is 35.2 Å². The lowest BCUT2D eigenvalue weighted by Gasteiger charge is -2.36. The number of rotatable bonds is 5. The summed E-state index contributed by atoms with van der Waals surface area (Å²) in [6.45, 7) is 22.2. The molecule has 1 saturated heterocycles. The van der Waals surface area contributed by atoms with E-state index >= 15 is 0 Å². The van der Waals surface area contributed by atoms with E-state index in [2.05, 4.69) is 80.6 Å². The summed E-state index contributed by atoms with van der Waals surface area (Å²) in [5, 5.41) is 5.88. The molecule has 34 heavy (non-hydrogen) atoms. The average Bonchev–Trinajstić information content (AvgIpc) is 3.22. The summed E-state index contributed by atoms with van der Waals surface area (Å²) in [4.78, 5) is 4.89. The average molecular weight is 480 g/mol. The highest BCUT2D eigenvalue weighted by Gasteiger charge is 2.52. The van der Waals surface area contributed by atoms with Crippen molar-refractivity contribution in [2.75, 3.05) is 0 Å².